The van der Waals surface area contributed by atoms with Crippen LogP contribution in [0.5, 0.6) is 5.75 Å². The van der Waals surface area contributed by atoms with Crippen molar-refractivity contribution < 1.29 is 19.4 Å². The van der Waals surface area contributed by atoms with Gasteiger partial charge in [-0.15, -0.1) is 0 Å². The van der Waals surface area contributed by atoms with Crippen LogP contribution in [-0.2, 0) is 9.59 Å². The lowest BCUT2D eigenvalue weighted by molar-refractivity contribution is -0.120. The Kier molecular flexibility index (Phi) is 5.48. The first-order chi connectivity index (χ1) is 13.0. The number of carbonyl (C=O) groups excluding carboxylic acids is 2. The number of aliphatic hydroxyl groups excluding tert-OH is 1. The number of ether oxygens (including phenoxy) is 1. The van der Waals surface area contributed by atoms with Gasteiger partial charge in [0.05, 0.1) is 25.0 Å². The Morgan fingerprint density at radius 3 is 2.37 bits per heavy atom. The number of imide groups is 1. The third kappa shape index (κ3) is 3.41. The van der Waals surface area contributed by atoms with E-state index < -0.39 is 11.8 Å². The minimum atomic E-state index is -0.459. The van der Waals surface area contributed by atoms with E-state index in [4.69, 9.17) is 16.3 Å². The zero-order chi connectivity index (χ0) is 19.6. The van der Waals surface area contributed by atoms with Crippen LogP contribution < -0.4 is 9.64 Å². The largest absolute Gasteiger partial charge is 0.496 e. The van der Waals surface area contributed by atoms with Crippen LogP contribution in [0.2, 0.25) is 5.02 Å². The number of nitrogens with zero attached hydrogens (tertiary/aromatic N) is 2. The number of para-hydroxylation sites is 1. The molecule has 0 aliphatic carbocycles. The van der Waals surface area contributed by atoms with Crippen molar-refractivity contribution in [3.05, 3.63) is 64.8 Å². The first-order valence-corrected chi connectivity index (χ1v) is 8.71. The summed E-state index contributed by atoms with van der Waals surface area (Å²) in [4.78, 5) is 29.1. The van der Waals surface area contributed by atoms with Gasteiger partial charge in [0.15, 0.2) is 0 Å². The summed E-state index contributed by atoms with van der Waals surface area (Å²) in [6.45, 7) is 0.0586. The Bertz CT molecular complexity index is 908. The van der Waals surface area contributed by atoms with Crippen molar-refractivity contribution >= 4 is 34.7 Å². The second-order valence-electron chi connectivity index (χ2n) is 5.99. The van der Waals surface area contributed by atoms with Crippen LogP contribution in [0.1, 0.15) is 5.56 Å². The van der Waals surface area contributed by atoms with E-state index in [1.54, 1.807) is 60.5 Å². The summed E-state index contributed by atoms with van der Waals surface area (Å²) in [5, 5.41) is 9.81. The second-order valence-corrected chi connectivity index (χ2v) is 6.43. The fraction of sp³-hybridized carbons (Fsp3) is 0.200. The van der Waals surface area contributed by atoms with Crippen molar-refractivity contribution in [2.24, 2.45) is 0 Å². The summed E-state index contributed by atoms with van der Waals surface area (Å²) >= 11 is 5.92. The topological polar surface area (TPSA) is 70.1 Å². The molecular formula is C20H19ClN2O4. The van der Waals surface area contributed by atoms with Gasteiger partial charge in [-0.25, -0.2) is 4.90 Å². The number of likely N-dealkylation sites (N-methyl/N-ethyl adjacent to an activating group) is 1. The van der Waals surface area contributed by atoms with Gasteiger partial charge in [-0.3, -0.25) is 9.59 Å². The predicted molar refractivity (Wildman–Crippen MR) is 104 cm³/mol. The van der Waals surface area contributed by atoms with Gasteiger partial charge in [-0.1, -0.05) is 29.8 Å². The Labute approximate surface area is 162 Å². The van der Waals surface area contributed by atoms with E-state index in [0.717, 1.165) is 4.90 Å². The van der Waals surface area contributed by atoms with Gasteiger partial charge in [-0.2, -0.15) is 0 Å². The molecule has 2 aromatic carbocycles. The zero-order valence-corrected chi connectivity index (χ0v) is 15.7. The third-order valence-corrected chi connectivity index (χ3v) is 4.59. The van der Waals surface area contributed by atoms with Crippen molar-refractivity contribution in [2.45, 2.75) is 0 Å². The maximum absolute atomic E-state index is 13.3. The lowest BCUT2D eigenvalue weighted by atomic mass is 10.0. The number of benzene rings is 2. The summed E-state index contributed by atoms with van der Waals surface area (Å²) < 4.78 is 5.38. The van der Waals surface area contributed by atoms with Crippen LogP contribution >= 0.6 is 11.6 Å². The molecule has 0 atom stereocenters. The maximum atomic E-state index is 13.3. The van der Waals surface area contributed by atoms with Crippen LogP contribution in [0.4, 0.5) is 5.69 Å². The number of hydrogen-bond donors (Lipinski definition) is 1. The van der Waals surface area contributed by atoms with E-state index in [1.807, 2.05) is 0 Å². The molecule has 0 aromatic heterocycles. The molecule has 0 unspecified atom stereocenters. The molecule has 0 saturated carbocycles. The van der Waals surface area contributed by atoms with Gasteiger partial charge < -0.3 is 14.7 Å². The Hall–Kier alpha value is -2.83. The highest BCUT2D eigenvalue weighted by Crippen LogP contribution is 2.37. The smallest absolute Gasteiger partial charge is 0.282 e. The number of halogens is 1. The molecule has 3 rings (SSSR count). The Morgan fingerprint density at radius 2 is 1.74 bits per heavy atom. The summed E-state index contributed by atoms with van der Waals surface area (Å²) in [5.74, 6) is -0.424. The molecular weight excluding hydrogens is 368 g/mol. The molecule has 27 heavy (non-hydrogen) atoms. The SMILES string of the molecule is COc1ccccc1C1=C(N(C)CCO)C(=O)N(c2ccc(Cl)cc2)C1=O. The van der Waals surface area contributed by atoms with Crippen LogP contribution in [-0.4, -0.2) is 49.1 Å². The summed E-state index contributed by atoms with van der Waals surface area (Å²) in [6, 6.07) is 13.5. The first kappa shape index (κ1) is 18.9. The summed E-state index contributed by atoms with van der Waals surface area (Å²) in [7, 11) is 3.17. The molecule has 1 aliphatic heterocycles. The minimum absolute atomic E-state index is 0.151. The second kappa shape index (κ2) is 7.82. The molecule has 1 heterocycles. The van der Waals surface area contributed by atoms with Crippen LogP contribution in [0.25, 0.3) is 5.57 Å². The molecule has 7 heteroatoms. The summed E-state index contributed by atoms with van der Waals surface area (Å²) in [5.41, 5.74) is 1.40. The molecule has 0 fully saturated rings. The summed E-state index contributed by atoms with van der Waals surface area (Å²) in [6.07, 6.45) is 0. The zero-order valence-electron chi connectivity index (χ0n) is 15.0. The molecule has 1 N–H and O–H groups in total. The van der Waals surface area contributed by atoms with E-state index in [2.05, 4.69) is 0 Å². The van der Waals surface area contributed by atoms with E-state index in [9.17, 15) is 14.7 Å². The highest BCUT2D eigenvalue weighted by Gasteiger charge is 2.42. The average molecular weight is 387 g/mol. The first-order valence-electron chi connectivity index (χ1n) is 8.33. The Balaban J connectivity index is 2.16. The fourth-order valence-electron chi connectivity index (χ4n) is 3.05. The van der Waals surface area contributed by atoms with E-state index in [0.29, 0.717) is 22.0 Å². The van der Waals surface area contributed by atoms with Gasteiger partial charge in [-0.05, 0) is 30.3 Å². The minimum Gasteiger partial charge on any atom is -0.496 e. The van der Waals surface area contributed by atoms with E-state index in [-0.39, 0.29) is 24.4 Å². The number of hydrogen-bond acceptors (Lipinski definition) is 5. The fourth-order valence-corrected chi connectivity index (χ4v) is 3.18. The normalized spacial score (nSPS) is 14.1. The van der Waals surface area contributed by atoms with Crippen molar-refractivity contribution in [1.82, 2.24) is 4.90 Å². The lowest BCUT2D eigenvalue weighted by Gasteiger charge is -2.20. The van der Waals surface area contributed by atoms with E-state index >= 15 is 0 Å². The number of aliphatic hydroxyl groups is 1. The van der Waals surface area contributed by atoms with Gasteiger partial charge in [0.2, 0.25) is 0 Å². The predicted octanol–water partition coefficient (Wildman–Crippen LogP) is 2.56. The number of amides is 2. The van der Waals surface area contributed by atoms with Crippen LogP contribution in [0.15, 0.2) is 54.2 Å². The molecule has 6 nitrogen and oxygen atoms in total. The third-order valence-electron chi connectivity index (χ3n) is 4.34. The highest BCUT2D eigenvalue weighted by molar-refractivity contribution is 6.45. The van der Waals surface area contributed by atoms with Gasteiger partial charge in [0, 0.05) is 24.2 Å². The van der Waals surface area contributed by atoms with Crippen molar-refractivity contribution in [3.8, 4) is 5.75 Å². The molecule has 0 saturated heterocycles. The van der Waals surface area contributed by atoms with Gasteiger partial charge in [0.1, 0.15) is 11.4 Å². The number of carbonyl (C=O) groups is 2. The standard InChI is InChI=1S/C20H19ClN2O4/c1-22(11-12-24)18-17(15-5-3-4-6-16(15)27-2)19(25)23(20(18)26)14-9-7-13(21)8-10-14/h3-10,24H,11-12H2,1-2H3. The average Bonchev–Trinajstić information content (AvgIpc) is 2.93. The molecule has 0 bridgehead atoms. The van der Waals surface area contributed by atoms with Gasteiger partial charge in [0.25, 0.3) is 11.8 Å². The van der Waals surface area contributed by atoms with E-state index in [1.165, 1.54) is 7.11 Å². The number of rotatable bonds is 6. The maximum Gasteiger partial charge on any atom is 0.282 e. The molecule has 0 radical (unpaired) electrons. The van der Waals surface area contributed by atoms with Crippen molar-refractivity contribution in [3.63, 3.8) is 0 Å². The van der Waals surface area contributed by atoms with Crippen LogP contribution in [0.3, 0.4) is 0 Å². The molecule has 140 valence electrons. The molecule has 2 aromatic rings. The lowest BCUT2D eigenvalue weighted by Crippen LogP contribution is -2.34. The highest BCUT2D eigenvalue weighted by atomic mass is 35.5. The molecule has 0 spiro atoms. The Morgan fingerprint density at radius 1 is 1.07 bits per heavy atom. The monoisotopic (exact) mass is 386 g/mol. The number of methoxy groups -OCH3 is 1. The van der Waals surface area contributed by atoms with Crippen molar-refractivity contribution in [1.29, 1.82) is 0 Å². The number of anilines is 1. The van der Waals surface area contributed by atoms with Crippen LogP contribution in [0, 0.1) is 0 Å². The van der Waals surface area contributed by atoms with Crippen molar-refractivity contribution in [2.75, 3.05) is 32.2 Å². The van der Waals surface area contributed by atoms with Gasteiger partial charge >= 0.3 is 0 Å². The molecule has 2 amide bonds. The molecule has 1 aliphatic rings. The quantitative estimate of drug-likeness (QED) is 0.773.